The number of aryl methyl sites for hydroxylation is 1. The van der Waals surface area contributed by atoms with Gasteiger partial charge in [-0.2, -0.15) is 4.39 Å². The maximum Gasteiger partial charge on any atom is 0.327 e. The van der Waals surface area contributed by atoms with Gasteiger partial charge in [0.25, 0.3) is 0 Å². The van der Waals surface area contributed by atoms with E-state index >= 15 is 0 Å². The third kappa shape index (κ3) is 3.24. The van der Waals surface area contributed by atoms with Crippen molar-refractivity contribution in [1.82, 2.24) is 15.0 Å². The van der Waals surface area contributed by atoms with E-state index in [1.165, 1.54) is 12.1 Å². The first-order chi connectivity index (χ1) is 9.18. The summed E-state index contributed by atoms with van der Waals surface area (Å²) in [5.74, 6) is -0.841. The Hall–Kier alpha value is -2.51. The number of nitro groups is 1. The van der Waals surface area contributed by atoms with Gasteiger partial charge >= 0.3 is 5.69 Å². The first kappa shape index (κ1) is 12.9. The molecule has 7 nitrogen and oxygen atoms in total. The molecule has 0 aliphatic carbocycles. The molecule has 1 N–H and O–H groups in total. The van der Waals surface area contributed by atoms with Crippen molar-refractivity contribution in [2.24, 2.45) is 0 Å². The number of nitrogens with zero attached hydrogens (tertiary/aromatic N) is 4. The molecule has 1 aromatic heterocycles. The molecule has 100 valence electrons. The molecule has 8 heteroatoms. The molecule has 0 fully saturated rings. The Morgan fingerprint density at radius 1 is 1.47 bits per heavy atom. The predicted molar refractivity (Wildman–Crippen MR) is 66.2 cm³/mol. The van der Waals surface area contributed by atoms with Crippen molar-refractivity contribution in [2.45, 2.75) is 13.0 Å². The molecular formula is C11H12FN5O2. The fourth-order valence-electron chi connectivity index (χ4n) is 1.66. The van der Waals surface area contributed by atoms with Crippen LogP contribution in [0.4, 0.5) is 15.8 Å². The fourth-order valence-corrected chi connectivity index (χ4v) is 1.66. The van der Waals surface area contributed by atoms with Crippen molar-refractivity contribution >= 4 is 11.4 Å². The van der Waals surface area contributed by atoms with E-state index in [0.29, 0.717) is 19.5 Å². The monoisotopic (exact) mass is 265 g/mol. The van der Waals surface area contributed by atoms with Crippen LogP contribution in [0.1, 0.15) is 6.42 Å². The summed E-state index contributed by atoms with van der Waals surface area (Å²) in [6.07, 6.45) is 3.99. The zero-order chi connectivity index (χ0) is 13.7. The summed E-state index contributed by atoms with van der Waals surface area (Å²) < 4.78 is 15.0. The van der Waals surface area contributed by atoms with E-state index in [9.17, 15) is 14.5 Å². The lowest BCUT2D eigenvalue weighted by atomic mass is 10.2. The van der Waals surface area contributed by atoms with Crippen LogP contribution in [0, 0.1) is 15.9 Å². The smallest absolute Gasteiger partial charge is 0.327 e. The zero-order valence-corrected chi connectivity index (χ0v) is 9.99. The van der Waals surface area contributed by atoms with Crippen molar-refractivity contribution in [1.29, 1.82) is 0 Å². The lowest BCUT2D eigenvalue weighted by molar-refractivity contribution is -0.386. The number of halogens is 1. The molecule has 0 aliphatic heterocycles. The van der Waals surface area contributed by atoms with Crippen molar-refractivity contribution < 1.29 is 9.31 Å². The second-order valence-corrected chi connectivity index (χ2v) is 3.84. The first-order valence-electron chi connectivity index (χ1n) is 5.69. The summed E-state index contributed by atoms with van der Waals surface area (Å²) in [4.78, 5) is 10.0. The number of para-hydroxylation sites is 1. The minimum atomic E-state index is -0.841. The van der Waals surface area contributed by atoms with E-state index in [1.54, 1.807) is 17.1 Å². The maximum atomic E-state index is 13.3. The molecule has 1 aromatic carbocycles. The summed E-state index contributed by atoms with van der Waals surface area (Å²) in [5.41, 5.74) is -0.341. The van der Waals surface area contributed by atoms with Gasteiger partial charge in [-0.3, -0.25) is 14.8 Å². The average molecular weight is 265 g/mol. The van der Waals surface area contributed by atoms with Gasteiger partial charge in [-0.1, -0.05) is 11.3 Å². The molecule has 2 aromatic rings. The second-order valence-electron chi connectivity index (χ2n) is 3.84. The number of hydrogen-bond donors (Lipinski definition) is 1. The average Bonchev–Trinajstić information content (AvgIpc) is 2.87. The highest BCUT2D eigenvalue weighted by molar-refractivity contribution is 5.61. The summed E-state index contributed by atoms with van der Waals surface area (Å²) >= 11 is 0. The van der Waals surface area contributed by atoms with Crippen LogP contribution in [-0.4, -0.2) is 26.5 Å². The molecule has 0 saturated carbocycles. The van der Waals surface area contributed by atoms with Crippen LogP contribution in [0.2, 0.25) is 0 Å². The molecule has 19 heavy (non-hydrogen) atoms. The number of nitro benzene ring substituents is 1. The van der Waals surface area contributed by atoms with E-state index < -0.39 is 16.4 Å². The van der Waals surface area contributed by atoms with E-state index in [0.717, 1.165) is 6.07 Å². The van der Waals surface area contributed by atoms with Crippen LogP contribution in [0.3, 0.4) is 0 Å². The first-order valence-corrected chi connectivity index (χ1v) is 5.69. The van der Waals surface area contributed by atoms with Gasteiger partial charge in [0.2, 0.25) is 5.82 Å². The van der Waals surface area contributed by atoms with Gasteiger partial charge in [0.05, 0.1) is 11.1 Å². The summed E-state index contributed by atoms with van der Waals surface area (Å²) in [6, 6.07) is 3.98. The maximum absolute atomic E-state index is 13.3. The van der Waals surface area contributed by atoms with Crippen molar-refractivity contribution in [3.8, 4) is 0 Å². The zero-order valence-electron chi connectivity index (χ0n) is 9.99. The Labute approximate surface area is 108 Å². The van der Waals surface area contributed by atoms with Gasteiger partial charge in [0.1, 0.15) is 5.69 Å². The van der Waals surface area contributed by atoms with Crippen LogP contribution < -0.4 is 5.32 Å². The highest BCUT2D eigenvalue weighted by Gasteiger charge is 2.19. The lowest BCUT2D eigenvalue weighted by Crippen LogP contribution is -2.09. The summed E-state index contributed by atoms with van der Waals surface area (Å²) in [7, 11) is 0. The van der Waals surface area contributed by atoms with E-state index in [1.807, 2.05) is 0 Å². The molecule has 0 spiro atoms. The van der Waals surface area contributed by atoms with Crippen molar-refractivity contribution in [2.75, 3.05) is 11.9 Å². The number of anilines is 1. The molecule has 1 heterocycles. The minimum Gasteiger partial charge on any atom is -0.379 e. The normalized spacial score (nSPS) is 10.4. The number of nitrogens with one attached hydrogen (secondary N) is 1. The number of hydrogen-bond acceptors (Lipinski definition) is 5. The van der Waals surface area contributed by atoms with Gasteiger partial charge in [0.15, 0.2) is 0 Å². The number of rotatable bonds is 6. The van der Waals surface area contributed by atoms with Crippen molar-refractivity contribution in [3.63, 3.8) is 0 Å². The molecule has 0 saturated heterocycles. The molecule has 0 atom stereocenters. The SMILES string of the molecule is O=[N+]([O-])c1c(F)cccc1NCCCn1ccnn1. The molecule has 0 radical (unpaired) electrons. The Morgan fingerprint density at radius 2 is 2.32 bits per heavy atom. The van der Waals surface area contributed by atoms with Gasteiger partial charge in [-0.15, -0.1) is 5.10 Å². The highest BCUT2D eigenvalue weighted by Crippen LogP contribution is 2.26. The Bertz CT molecular complexity index is 558. The molecular weight excluding hydrogens is 253 g/mol. The number of aromatic nitrogens is 3. The van der Waals surface area contributed by atoms with E-state index in [2.05, 4.69) is 15.6 Å². The fraction of sp³-hybridized carbons (Fsp3) is 0.273. The van der Waals surface area contributed by atoms with Crippen LogP contribution >= 0.6 is 0 Å². The molecule has 0 amide bonds. The van der Waals surface area contributed by atoms with Gasteiger partial charge < -0.3 is 5.32 Å². The predicted octanol–water partition coefficient (Wildman–Crippen LogP) is 1.83. The number of benzene rings is 1. The summed E-state index contributed by atoms with van der Waals surface area (Å²) in [5, 5.41) is 21.1. The van der Waals surface area contributed by atoms with E-state index in [-0.39, 0.29) is 5.69 Å². The Balaban J connectivity index is 1.92. The van der Waals surface area contributed by atoms with Gasteiger partial charge in [0, 0.05) is 19.3 Å². The lowest BCUT2D eigenvalue weighted by Gasteiger charge is -2.07. The third-order valence-electron chi connectivity index (χ3n) is 2.52. The third-order valence-corrected chi connectivity index (χ3v) is 2.52. The topological polar surface area (TPSA) is 85.9 Å². The quantitative estimate of drug-likeness (QED) is 0.489. The summed E-state index contributed by atoms with van der Waals surface area (Å²) in [6.45, 7) is 1.11. The molecule has 2 rings (SSSR count). The Morgan fingerprint density at radius 3 is 3.00 bits per heavy atom. The Kier molecular flexibility index (Phi) is 4.01. The molecule has 0 aliphatic rings. The highest BCUT2D eigenvalue weighted by atomic mass is 19.1. The standard InChI is InChI=1S/C11H12FN5O2/c12-9-3-1-4-10(11(9)17(18)19)13-5-2-7-16-8-6-14-15-16/h1,3-4,6,8,13H,2,5,7H2. The van der Waals surface area contributed by atoms with Crippen molar-refractivity contribution in [3.05, 3.63) is 46.5 Å². The van der Waals surface area contributed by atoms with E-state index in [4.69, 9.17) is 0 Å². The van der Waals surface area contributed by atoms with Crippen LogP contribution in [0.15, 0.2) is 30.6 Å². The minimum absolute atomic E-state index is 0.184. The molecule has 0 bridgehead atoms. The van der Waals surface area contributed by atoms with Crippen LogP contribution in [0.5, 0.6) is 0 Å². The second kappa shape index (κ2) is 5.89. The molecule has 0 unspecified atom stereocenters. The van der Waals surface area contributed by atoms with Crippen LogP contribution in [-0.2, 0) is 6.54 Å². The van der Waals surface area contributed by atoms with Crippen LogP contribution in [0.25, 0.3) is 0 Å². The van der Waals surface area contributed by atoms with Gasteiger partial charge in [-0.25, -0.2) is 0 Å². The van der Waals surface area contributed by atoms with Gasteiger partial charge in [-0.05, 0) is 18.6 Å². The largest absolute Gasteiger partial charge is 0.379 e.